The van der Waals surface area contributed by atoms with E-state index < -0.39 is 0 Å². The molecule has 2 N–H and O–H groups in total. The molecule has 0 spiro atoms. The van der Waals surface area contributed by atoms with Gasteiger partial charge in [0.05, 0.1) is 19.6 Å². The number of benzene rings is 1. The zero-order chi connectivity index (χ0) is 13.7. The van der Waals surface area contributed by atoms with Gasteiger partial charge in [0, 0.05) is 0 Å². The highest BCUT2D eigenvalue weighted by atomic mass is 16.5. The van der Waals surface area contributed by atoms with Crippen molar-refractivity contribution in [3.05, 3.63) is 29.8 Å². The van der Waals surface area contributed by atoms with Gasteiger partial charge in [-0.15, -0.1) is 0 Å². The molecule has 102 valence electrons. The largest absolute Gasteiger partial charge is 0.497 e. The Morgan fingerprint density at radius 1 is 1.47 bits per heavy atom. The number of hydrogen-bond acceptors (Lipinski definition) is 4. The monoisotopic (exact) mass is 262 g/mol. The summed E-state index contributed by atoms with van der Waals surface area (Å²) < 4.78 is 5.09. The van der Waals surface area contributed by atoms with E-state index in [1.165, 1.54) is 0 Å². The zero-order valence-electron chi connectivity index (χ0n) is 10.9. The third kappa shape index (κ3) is 3.79. The molecule has 1 aromatic carbocycles. The van der Waals surface area contributed by atoms with Crippen LogP contribution in [-0.4, -0.2) is 31.5 Å². The van der Waals surface area contributed by atoms with Crippen molar-refractivity contribution in [3.8, 4) is 5.75 Å². The Kier molecular flexibility index (Phi) is 4.52. The minimum Gasteiger partial charge on any atom is -0.497 e. The lowest BCUT2D eigenvalue weighted by molar-refractivity contribution is -0.131. The van der Waals surface area contributed by atoms with E-state index in [-0.39, 0.29) is 24.3 Å². The standard InChI is InChI=1S/C14H18N2O3/c1-19-11-5-2-4-10(8-11)9-13(17)16-14(18)12-6-3-7-15-12/h2,4-5,8,12,15H,3,6-7,9H2,1H3,(H,16,17,18). The van der Waals surface area contributed by atoms with Crippen molar-refractivity contribution in [1.82, 2.24) is 10.6 Å². The van der Waals surface area contributed by atoms with Crippen LogP contribution in [0.4, 0.5) is 0 Å². The third-order valence-corrected chi connectivity index (χ3v) is 3.14. The summed E-state index contributed by atoms with van der Waals surface area (Å²) >= 11 is 0. The van der Waals surface area contributed by atoms with Gasteiger partial charge in [-0.3, -0.25) is 14.9 Å². The molecule has 0 aliphatic carbocycles. The van der Waals surface area contributed by atoms with E-state index in [9.17, 15) is 9.59 Å². The van der Waals surface area contributed by atoms with Gasteiger partial charge in [-0.05, 0) is 37.1 Å². The Morgan fingerprint density at radius 3 is 3.00 bits per heavy atom. The summed E-state index contributed by atoms with van der Waals surface area (Å²) in [5.74, 6) is 0.187. The fourth-order valence-electron chi connectivity index (χ4n) is 2.14. The van der Waals surface area contributed by atoms with Gasteiger partial charge in [0.15, 0.2) is 0 Å². The number of ether oxygens (including phenoxy) is 1. The van der Waals surface area contributed by atoms with Crippen molar-refractivity contribution < 1.29 is 14.3 Å². The number of nitrogens with one attached hydrogen (secondary N) is 2. The predicted octanol–water partition coefficient (Wildman–Crippen LogP) is 0.632. The molecule has 1 aliphatic heterocycles. The first kappa shape index (κ1) is 13.5. The molecule has 1 aromatic rings. The molecule has 5 heteroatoms. The molecule has 19 heavy (non-hydrogen) atoms. The molecule has 0 radical (unpaired) electrons. The van der Waals surface area contributed by atoms with Gasteiger partial charge in [-0.2, -0.15) is 0 Å². The van der Waals surface area contributed by atoms with Gasteiger partial charge < -0.3 is 10.1 Å². The van der Waals surface area contributed by atoms with Crippen LogP contribution in [0.15, 0.2) is 24.3 Å². The fourth-order valence-corrected chi connectivity index (χ4v) is 2.14. The van der Waals surface area contributed by atoms with Gasteiger partial charge in [0.1, 0.15) is 5.75 Å². The molecule has 1 unspecified atom stereocenters. The maximum absolute atomic E-state index is 11.8. The molecule has 1 fully saturated rings. The molecular weight excluding hydrogens is 244 g/mol. The van der Waals surface area contributed by atoms with E-state index >= 15 is 0 Å². The summed E-state index contributed by atoms with van der Waals surface area (Å²) in [5, 5.41) is 5.49. The topological polar surface area (TPSA) is 67.4 Å². The van der Waals surface area contributed by atoms with Crippen molar-refractivity contribution in [1.29, 1.82) is 0 Å². The molecule has 1 atom stereocenters. The van der Waals surface area contributed by atoms with Crippen LogP contribution < -0.4 is 15.4 Å². The van der Waals surface area contributed by atoms with Crippen molar-refractivity contribution >= 4 is 11.8 Å². The van der Waals surface area contributed by atoms with Crippen LogP contribution in [-0.2, 0) is 16.0 Å². The Balaban J connectivity index is 1.87. The Bertz CT molecular complexity index is 468. The van der Waals surface area contributed by atoms with Crippen LogP contribution >= 0.6 is 0 Å². The average molecular weight is 262 g/mol. The maximum atomic E-state index is 11.8. The number of carbonyl (C=O) groups excluding carboxylic acids is 2. The second-order valence-corrected chi connectivity index (χ2v) is 4.59. The summed E-state index contributed by atoms with van der Waals surface area (Å²) in [7, 11) is 1.58. The molecule has 1 saturated heterocycles. The van der Waals surface area contributed by atoms with Crippen molar-refractivity contribution in [3.63, 3.8) is 0 Å². The number of hydrogen-bond donors (Lipinski definition) is 2. The van der Waals surface area contributed by atoms with Crippen LogP contribution in [0, 0.1) is 0 Å². The highest BCUT2D eigenvalue weighted by molar-refractivity contribution is 5.98. The molecule has 2 rings (SSSR count). The summed E-state index contributed by atoms with van der Waals surface area (Å²) in [6, 6.07) is 7.03. The molecule has 1 heterocycles. The second-order valence-electron chi connectivity index (χ2n) is 4.59. The van der Waals surface area contributed by atoms with E-state index in [0.29, 0.717) is 5.75 Å². The van der Waals surface area contributed by atoms with Gasteiger partial charge in [0.25, 0.3) is 0 Å². The fraction of sp³-hybridized carbons (Fsp3) is 0.429. The lowest BCUT2D eigenvalue weighted by Gasteiger charge is -2.10. The van der Waals surface area contributed by atoms with Crippen molar-refractivity contribution in [2.45, 2.75) is 25.3 Å². The van der Waals surface area contributed by atoms with E-state index in [0.717, 1.165) is 24.9 Å². The lowest BCUT2D eigenvalue weighted by Crippen LogP contribution is -2.43. The van der Waals surface area contributed by atoms with Crippen LogP contribution in [0.1, 0.15) is 18.4 Å². The number of amides is 2. The lowest BCUT2D eigenvalue weighted by atomic mass is 10.1. The molecular formula is C14H18N2O3. The van der Waals surface area contributed by atoms with E-state index in [1.54, 1.807) is 13.2 Å². The summed E-state index contributed by atoms with van der Waals surface area (Å²) in [6.07, 6.45) is 1.94. The van der Waals surface area contributed by atoms with Gasteiger partial charge >= 0.3 is 0 Å². The van der Waals surface area contributed by atoms with Crippen LogP contribution in [0.25, 0.3) is 0 Å². The Morgan fingerprint density at radius 2 is 2.32 bits per heavy atom. The van der Waals surface area contributed by atoms with E-state index in [1.807, 2.05) is 18.2 Å². The highest BCUT2D eigenvalue weighted by Gasteiger charge is 2.23. The predicted molar refractivity (Wildman–Crippen MR) is 70.9 cm³/mol. The van der Waals surface area contributed by atoms with Crippen LogP contribution in [0.2, 0.25) is 0 Å². The normalized spacial score (nSPS) is 18.1. The second kappa shape index (κ2) is 6.33. The summed E-state index contributed by atoms with van der Waals surface area (Å²) in [4.78, 5) is 23.5. The van der Waals surface area contributed by atoms with Gasteiger partial charge in [0.2, 0.25) is 11.8 Å². The Labute approximate surface area is 112 Å². The van der Waals surface area contributed by atoms with Crippen molar-refractivity contribution in [2.75, 3.05) is 13.7 Å². The van der Waals surface area contributed by atoms with Gasteiger partial charge in [-0.25, -0.2) is 0 Å². The molecule has 0 saturated carbocycles. The smallest absolute Gasteiger partial charge is 0.243 e. The quantitative estimate of drug-likeness (QED) is 0.835. The van der Waals surface area contributed by atoms with Crippen LogP contribution in [0.5, 0.6) is 5.75 Å². The summed E-state index contributed by atoms with van der Waals surface area (Å²) in [6.45, 7) is 0.835. The maximum Gasteiger partial charge on any atom is 0.243 e. The molecule has 0 aromatic heterocycles. The molecule has 0 bridgehead atoms. The van der Waals surface area contributed by atoms with Crippen LogP contribution in [0.3, 0.4) is 0 Å². The average Bonchev–Trinajstić information content (AvgIpc) is 2.92. The van der Waals surface area contributed by atoms with Crippen molar-refractivity contribution in [2.24, 2.45) is 0 Å². The minimum absolute atomic E-state index is 0.176. The highest BCUT2D eigenvalue weighted by Crippen LogP contribution is 2.13. The zero-order valence-corrected chi connectivity index (χ0v) is 10.9. The number of carbonyl (C=O) groups is 2. The minimum atomic E-state index is -0.285. The molecule has 5 nitrogen and oxygen atoms in total. The molecule has 2 amide bonds. The first-order valence-electron chi connectivity index (χ1n) is 6.39. The SMILES string of the molecule is COc1cccc(CC(=O)NC(=O)C2CCCN2)c1. The number of methoxy groups -OCH3 is 1. The van der Waals surface area contributed by atoms with E-state index in [2.05, 4.69) is 10.6 Å². The first-order valence-corrected chi connectivity index (χ1v) is 6.39. The number of rotatable bonds is 4. The number of imide groups is 1. The Hall–Kier alpha value is -1.88. The first-order chi connectivity index (χ1) is 9.19. The summed E-state index contributed by atoms with van der Waals surface area (Å²) in [5.41, 5.74) is 0.823. The molecule has 1 aliphatic rings. The van der Waals surface area contributed by atoms with E-state index in [4.69, 9.17) is 4.74 Å². The third-order valence-electron chi connectivity index (χ3n) is 3.14. The van der Waals surface area contributed by atoms with Gasteiger partial charge in [-0.1, -0.05) is 12.1 Å².